The summed E-state index contributed by atoms with van der Waals surface area (Å²) in [6, 6.07) is 6.82. The Labute approximate surface area is 195 Å². The quantitative estimate of drug-likeness (QED) is 0.546. The number of hydrogen-bond acceptors (Lipinski definition) is 8. The van der Waals surface area contributed by atoms with Crippen LogP contribution in [0.5, 0.6) is 17.2 Å². The van der Waals surface area contributed by atoms with Crippen molar-refractivity contribution in [1.82, 2.24) is 9.88 Å². The van der Waals surface area contributed by atoms with Crippen molar-refractivity contribution in [2.45, 2.75) is 19.3 Å². The van der Waals surface area contributed by atoms with Gasteiger partial charge in [-0.25, -0.2) is 9.37 Å². The number of rotatable bonds is 8. The number of methoxy groups -OCH3 is 2. The van der Waals surface area contributed by atoms with Crippen LogP contribution in [0.1, 0.15) is 19.3 Å². The average molecular weight is 471 g/mol. The van der Waals surface area contributed by atoms with Gasteiger partial charge in [-0.1, -0.05) is 11.3 Å². The summed E-state index contributed by atoms with van der Waals surface area (Å²) in [5, 5.41) is 5.71. The van der Waals surface area contributed by atoms with Crippen molar-refractivity contribution in [2.75, 3.05) is 52.3 Å². The summed E-state index contributed by atoms with van der Waals surface area (Å²) in [7, 11) is 3.17. The van der Waals surface area contributed by atoms with E-state index in [9.17, 15) is 4.39 Å². The Bertz CT molecular complexity index is 1290. The van der Waals surface area contributed by atoms with Crippen LogP contribution in [0.2, 0.25) is 0 Å². The standard InChI is InChI=1S/C24H27FN4O3S/c1-30-21-11-15-17(13-22(21)31-2)26-6-5-19(15)32-20-14-23-18(12-16(20)25)28-24(33-23)27-7-10-29-8-3-4-9-29/h11-14H,3-10H2,1-2H3,(H,27,28). The minimum atomic E-state index is -0.437. The second kappa shape index (κ2) is 9.52. The number of anilines is 1. The maximum atomic E-state index is 14.9. The third-order valence-corrected chi connectivity index (χ3v) is 6.98. The maximum Gasteiger partial charge on any atom is 0.183 e. The van der Waals surface area contributed by atoms with Crippen LogP contribution >= 0.6 is 11.3 Å². The number of thiazole rings is 1. The molecule has 0 aliphatic carbocycles. The topological polar surface area (TPSA) is 68.2 Å². The van der Waals surface area contributed by atoms with Gasteiger partial charge in [-0.3, -0.25) is 4.99 Å². The highest BCUT2D eigenvalue weighted by molar-refractivity contribution is 7.22. The van der Waals surface area contributed by atoms with Gasteiger partial charge in [0.2, 0.25) is 0 Å². The van der Waals surface area contributed by atoms with Crippen LogP contribution in [0, 0.1) is 5.82 Å². The third-order valence-electron chi connectivity index (χ3n) is 6.00. The van der Waals surface area contributed by atoms with E-state index in [2.05, 4.69) is 20.2 Å². The van der Waals surface area contributed by atoms with Gasteiger partial charge in [-0.15, -0.1) is 0 Å². The molecule has 174 valence electrons. The lowest BCUT2D eigenvalue weighted by Gasteiger charge is -2.15. The zero-order chi connectivity index (χ0) is 22.8. The van der Waals surface area contributed by atoms with E-state index in [1.54, 1.807) is 20.3 Å². The second-order valence-electron chi connectivity index (χ2n) is 8.13. The largest absolute Gasteiger partial charge is 0.493 e. The minimum Gasteiger partial charge on any atom is -0.493 e. The molecule has 9 heteroatoms. The predicted molar refractivity (Wildman–Crippen MR) is 128 cm³/mol. The lowest BCUT2D eigenvalue weighted by atomic mass is 10.1. The molecule has 2 aromatic carbocycles. The molecule has 2 aliphatic heterocycles. The minimum absolute atomic E-state index is 0.187. The van der Waals surface area contributed by atoms with Crippen LogP contribution < -0.4 is 30.1 Å². The Morgan fingerprint density at radius 3 is 2.64 bits per heavy atom. The highest BCUT2D eigenvalue weighted by Crippen LogP contribution is 2.33. The fourth-order valence-electron chi connectivity index (χ4n) is 4.28. The van der Waals surface area contributed by atoms with Gasteiger partial charge in [0.25, 0.3) is 0 Å². The molecule has 0 radical (unpaired) electrons. The Balaban J connectivity index is 1.40. The van der Waals surface area contributed by atoms with Crippen molar-refractivity contribution >= 4 is 32.4 Å². The summed E-state index contributed by atoms with van der Waals surface area (Å²) >= 11 is 1.51. The van der Waals surface area contributed by atoms with E-state index in [1.165, 1.54) is 43.3 Å². The maximum absolute atomic E-state index is 14.9. The molecule has 0 spiro atoms. The van der Waals surface area contributed by atoms with E-state index < -0.39 is 5.82 Å². The SMILES string of the molecule is COc1cc2c(cc1OC)=C(Oc1cc3sc(NCCN4CCCC4)nc3cc1F)CCN=2. The number of likely N-dealkylation sites (tertiary alicyclic amines) is 1. The van der Waals surface area contributed by atoms with Gasteiger partial charge in [0, 0.05) is 49.5 Å². The van der Waals surface area contributed by atoms with Crippen molar-refractivity contribution in [3.8, 4) is 17.2 Å². The fraction of sp³-hybridized carbons (Fsp3) is 0.417. The second-order valence-corrected chi connectivity index (χ2v) is 9.16. The van der Waals surface area contributed by atoms with Crippen molar-refractivity contribution in [3.63, 3.8) is 0 Å². The molecule has 1 saturated heterocycles. The van der Waals surface area contributed by atoms with E-state index in [-0.39, 0.29) is 5.75 Å². The van der Waals surface area contributed by atoms with Crippen LogP contribution in [0.15, 0.2) is 29.3 Å². The summed E-state index contributed by atoms with van der Waals surface area (Å²) in [4.78, 5) is 11.5. The summed E-state index contributed by atoms with van der Waals surface area (Å²) in [5.74, 6) is 1.59. The van der Waals surface area contributed by atoms with Crippen LogP contribution in [0.25, 0.3) is 16.0 Å². The molecule has 7 nitrogen and oxygen atoms in total. The van der Waals surface area contributed by atoms with Gasteiger partial charge in [0.15, 0.2) is 28.2 Å². The number of benzene rings is 2. The summed E-state index contributed by atoms with van der Waals surface area (Å²) in [6.07, 6.45) is 3.13. The Hall–Kier alpha value is -2.91. The number of nitrogens with zero attached hydrogens (tertiary/aromatic N) is 3. The Kier molecular flexibility index (Phi) is 6.32. The molecule has 0 atom stereocenters. The first-order chi connectivity index (χ1) is 16.1. The van der Waals surface area contributed by atoms with E-state index in [0.717, 1.165) is 33.5 Å². The normalized spacial score (nSPS) is 15.9. The number of halogens is 1. The lowest BCUT2D eigenvalue weighted by molar-refractivity contribution is 0.352. The molecular weight excluding hydrogens is 443 g/mol. The third kappa shape index (κ3) is 4.60. The highest BCUT2D eigenvalue weighted by atomic mass is 32.1. The Morgan fingerprint density at radius 2 is 1.85 bits per heavy atom. The lowest BCUT2D eigenvalue weighted by Crippen LogP contribution is -2.33. The monoisotopic (exact) mass is 470 g/mol. The smallest absolute Gasteiger partial charge is 0.183 e. The number of hydrogen-bond donors (Lipinski definition) is 1. The van der Waals surface area contributed by atoms with Crippen LogP contribution in [0.3, 0.4) is 0 Å². The molecule has 2 aliphatic rings. The molecule has 0 saturated carbocycles. The van der Waals surface area contributed by atoms with Crippen LogP contribution in [-0.2, 0) is 0 Å². The van der Waals surface area contributed by atoms with Crippen molar-refractivity contribution in [1.29, 1.82) is 0 Å². The summed E-state index contributed by atoms with van der Waals surface area (Å²) in [6.45, 7) is 4.72. The molecular formula is C24H27FN4O3S. The number of fused-ring (bicyclic) bond motifs is 2. The molecule has 1 N–H and O–H groups in total. The number of nitrogens with one attached hydrogen (secondary N) is 1. The average Bonchev–Trinajstić information content (AvgIpc) is 3.48. The van der Waals surface area contributed by atoms with Crippen LogP contribution in [0.4, 0.5) is 9.52 Å². The fourth-order valence-corrected chi connectivity index (χ4v) is 5.19. The van der Waals surface area contributed by atoms with Crippen molar-refractivity contribution in [3.05, 3.63) is 40.7 Å². The van der Waals surface area contributed by atoms with Gasteiger partial charge in [0.05, 0.1) is 29.8 Å². The van der Waals surface area contributed by atoms with Gasteiger partial charge in [-0.05, 0) is 32.0 Å². The molecule has 33 heavy (non-hydrogen) atoms. The Morgan fingerprint density at radius 1 is 1.06 bits per heavy atom. The van der Waals surface area contributed by atoms with Gasteiger partial charge in [-0.2, -0.15) is 0 Å². The van der Waals surface area contributed by atoms with E-state index in [0.29, 0.717) is 35.7 Å². The summed E-state index contributed by atoms with van der Waals surface area (Å²) < 4.78 is 32.7. The molecule has 0 amide bonds. The highest BCUT2D eigenvalue weighted by Gasteiger charge is 2.17. The zero-order valence-corrected chi connectivity index (χ0v) is 19.6. The molecule has 3 aromatic rings. The first-order valence-corrected chi connectivity index (χ1v) is 12.0. The number of aromatic nitrogens is 1. The number of ether oxygens (including phenoxy) is 3. The van der Waals surface area contributed by atoms with Crippen molar-refractivity contribution < 1.29 is 18.6 Å². The first kappa shape index (κ1) is 21.9. The molecule has 1 fully saturated rings. The van der Waals surface area contributed by atoms with E-state index >= 15 is 0 Å². The van der Waals surface area contributed by atoms with Gasteiger partial charge < -0.3 is 24.4 Å². The molecule has 3 heterocycles. The first-order valence-electron chi connectivity index (χ1n) is 11.2. The molecule has 0 bridgehead atoms. The zero-order valence-electron chi connectivity index (χ0n) is 18.8. The van der Waals surface area contributed by atoms with E-state index in [1.807, 2.05) is 12.1 Å². The van der Waals surface area contributed by atoms with Crippen LogP contribution in [-0.4, -0.2) is 56.8 Å². The summed E-state index contributed by atoms with van der Waals surface area (Å²) in [5.41, 5.74) is 0.629. The van der Waals surface area contributed by atoms with Crippen molar-refractivity contribution in [2.24, 2.45) is 4.99 Å². The van der Waals surface area contributed by atoms with Gasteiger partial charge >= 0.3 is 0 Å². The van der Waals surface area contributed by atoms with Gasteiger partial charge in [0.1, 0.15) is 5.76 Å². The molecule has 1 aromatic heterocycles. The molecule has 5 rings (SSSR count). The van der Waals surface area contributed by atoms with E-state index in [4.69, 9.17) is 14.2 Å². The molecule has 0 unspecified atom stereocenters. The predicted octanol–water partition coefficient (Wildman–Crippen LogP) is 3.17.